The molecule has 3 heterocycles. The first-order chi connectivity index (χ1) is 10.2. The molecule has 0 bridgehead atoms. The molecular weight excluding hydrogens is 264 g/mol. The SMILES string of the molecule is CC(C)C1CCCN1C(=O)c1ccnc(-n2ccnc2)c1. The second kappa shape index (κ2) is 5.68. The third kappa shape index (κ3) is 2.68. The Bertz CT molecular complexity index is 621. The van der Waals surface area contributed by atoms with Crippen molar-refractivity contribution in [3.8, 4) is 5.82 Å². The number of rotatable bonds is 3. The molecule has 0 aliphatic carbocycles. The first-order valence-electron chi connectivity index (χ1n) is 7.42. The van der Waals surface area contributed by atoms with Crippen molar-refractivity contribution >= 4 is 5.91 Å². The molecule has 5 nitrogen and oxygen atoms in total. The third-order valence-corrected chi connectivity index (χ3v) is 4.09. The summed E-state index contributed by atoms with van der Waals surface area (Å²) in [7, 11) is 0. The molecule has 21 heavy (non-hydrogen) atoms. The van der Waals surface area contributed by atoms with Gasteiger partial charge in [0.25, 0.3) is 5.91 Å². The number of carbonyl (C=O) groups excluding carboxylic acids is 1. The number of nitrogens with zero attached hydrogens (tertiary/aromatic N) is 4. The molecule has 1 atom stereocenters. The van der Waals surface area contributed by atoms with E-state index in [9.17, 15) is 4.79 Å². The number of hydrogen-bond donors (Lipinski definition) is 0. The first-order valence-corrected chi connectivity index (χ1v) is 7.42. The largest absolute Gasteiger partial charge is 0.335 e. The fraction of sp³-hybridized carbons (Fsp3) is 0.438. The third-order valence-electron chi connectivity index (χ3n) is 4.09. The lowest BCUT2D eigenvalue weighted by molar-refractivity contribution is 0.0701. The van der Waals surface area contributed by atoms with Crippen molar-refractivity contribution in [2.45, 2.75) is 32.7 Å². The Hall–Kier alpha value is -2.17. The molecule has 1 unspecified atom stereocenters. The van der Waals surface area contributed by atoms with Crippen molar-refractivity contribution < 1.29 is 4.79 Å². The monoisotopic (exact) mass is 284 g/mol. The van der Waals surface area contributed by atoms with Crippen molar-refractivity contribution in [2.24, 2.45) is 5.92 Å². The highest BCUT2D eigenvalue weighted by Crippen LogP contribution is 2.25. The molecule has 0 aromatic carbocycles. The zero-order valence-electron chi connectivity index (χ0n) is 12.4. The van der Waals surface area contributed by atoms with Crippen LogP contribution in [0.3, 0.4) is 0 Å². The van der Waals surface area contributed by atoms with Gasteiger partial charge in [0.2, 0.25) is 0 Å². The van der Waals surface area contributed by atoms with Gasteiger partial charge >= 0.3 is 0 Å². The summed E-state index contributed by atoms with van der Waals surface area (Å²) in [5, 5.41) is 0. The average Bonchev–Trinajstić information content (AvgIpc) is 3.17. The van der Waals surface area contributed by atoms with Crippen LogP contribution in [0.2, 0.25) is 0 Å². The Morgan fingerprint density at radius 2 is 2.24 bits per heavy atom. The van der Waals surface area contributed by atoms with Crippen molar-refractivity contribution in [3.63, 3.8) is 0 Å². The van der Waals surface area contributed by atoms with E-state index in [2.05, 4.69) is 23.8 Å². The molecule has 3 rings (SSSR count). The molecule has 1 aliphatic heterocycles. The minimum absolute atomic E-state index is 0.106. The van der Waals surface area contributed by atoms with E-state index in [1.165, 1.54) is 0 Å². The zero-order chi connectivity index (χ0) is 14.8. The van der Waals surface area contributed by atoms with E-state index < -0.39 is 0 Å². The van der Waals surface area contributed by atoms with Crippen molar-refractivity contribution in [3.05, 3.63) is 42.6 Å². The normalized spacial score (nSPS) is 18.4. The molecule has 0 saturated carbocycles. The molecule has 0 spiro atoms. The van der Waals surface area contributed by atoms with Crippen LogP contribution in [0.4, 0.5) is 0 Å². The van der Waals surface area contributed by atoms with Gasteiger partial charge in [0, 0.05) is 36.7 Å². The lowest BCUT2D eigenvalue weighted by Crippen LogP contribution is -2.38. The maximum Gasteiger partial charge on any atom is 0.254 e. The first kappa shape index (κ1) is 13.8. The van der Waals surface area contributed by atoms with E-state index in [0.29, 0.717) is 17.5 Å². The Morgan fingerprint density at radius 1 is 1.38 bits per heavy atom. The average molecular weight is 284 g/mol. The van der Waals surface area contributed by atoms with Crippen LogP contribution in [0.25, 0.3) is 5.82 Å². The van der Waals surface area contributed by atoms with Crippen LogP contribution in [0.1, 0.15) is 37.0 Å². The molecule has 1 fully saturated rings. The fourth-order valence-electron chi connectivity index (χ4n) is 2.99. The zero-order valence-corrected chi connectivity index (χ0v) is 12.4. The van der Waals surface area contributed by atoms with E-state index in [4.69, 9.17) is 0 Å². The van der Waals surface area contributed by atoms with Crippen molar-refractivity contribution in [2.75, 3.05) is 6.54 Å². The molecule has 0 radical (unpaired) electrons. The quantitative estimate of drug-likeness (QED) is 0.870. The van der Waals surface area contributed by atoms with Crippen LogP contribution in [0.15, 0.2) is 37.1 Å². The van der Waals surface area contributed by atoms with Gasteiger partial charge in [-0.15, -0.1) is 0 Å². The number of pyridine rings is 1. The lowest BCUT2D eigenvalue weighted by atomic mass is 10.0. The Balaban J connectivity index is 1.87. The molecule has 0 N–H and O–H groups in total. The molecule has 5 heteroatoms. The highest BCUT2D eigenvalue weighted by molar-refractivity contribution is 5.95. The number of carbonyl (C=O) groups is 1. The van der Waals surface area contributed by atoms with Gasteiger partial charge < -0.3 is 4.90 Å². The smallest absolute Gasteiger partial charge is 0.254 e. The van der Waals surface area contributed by atoms with Crippen LogP contribution >= 0.6 is 0 Å². The highest BCUT2D eigenvalue weighted by atomic mass is 16.2. The second-order valence-electron chi connectivity index (χ2n) is 5.82. The predicted octanol–water partition coefficient (Wildman–Crippen LogP) is 2.53. The van der Waals surface area contributed by atoms with Gasteiger partial charge in [0.15, 0.2) is 0 Å². The van der Waals surface area contributed by atoms with E-state index in [0.717, 1.165) is 25.2 Å². The van der Waals surface area contributed by atoms with Crippen LogP contribution in [-0.2, 0) is 0 Å². The van der Waals surface area contributed by atoms with E-state index in [1.807, 2.05) is 17.2 Å². The maximum absolute atomic E-state index is 12.8. The summed E-state index contributed by atoms with van der Waals surface area (Å²) in [6.07, 6.45) is 9.08. The molecular formula is C16H20N4O. The van der Waals surface area contributed by atoms with Crippen LogP contribution in [0.5, 0.6) is 0 Å². The molecule has 2 aromatic heterocycles. The Labute approximate surface area is 124 Å². The minimum atomic E-state index is 0.106. The number of aromatic nitrogens is 3. The van der Waals surface area contributed by atoms with Crippen LogP contribution < -0.4 is 0 Å². The number of hydrogen-bond acceptors (Lipinski definition) is 3. The van der Waals surface area contributed by atoms with Gasteiger partial charge in [-0.1, -0.05) is 13.8 Å². The van der Waals surface area contributed by atoms with Crippen molar-refractivity contribution in [1.82, 2.24) is 19.4 Å². The Morgan fingerprint density at radius 3 is 2.95 bits per heavy atom. The topological polar surface area (TPSA) is 51.0 Å². The van der Waals surface area contributed by atoms with Crippen LogP contribution in [-0.4, -0.2) is 37.9 Å². The van der Waals surface area contributed by atoms with E-state index in [1.54, 1.807) is 29.4 Å². The maximum atomic E-state index is 12.8. The van der Waals surface area contributed by atoms with Crippen LogP contribution in [0, 0.1) is 5.92 Å². The highest BCUT2D eigenvalue weighted by Gasteiger charge is 2.31. The van der Waals surface area contributed by atoms with E-state index in [-0.39, 0.29) is 5.91 Å². The summed E-state index contributed by atoms with van der Waals surface area (Å²) in [5.41, 5.74) is 0.696. The predicted molar refractivity (Wildman–Crippen MR) is 80.3 cm³/mol. The van der Waals surface area contributed by atoms with Gasteiger partial charge in [0.1, 0.15) is 12.1 Å². The molecule has 2 aromatic rings. The van der Waals surface area contributed by atoms with Gasteiger partial charge in [0.05, 0.1) is 0 Å². The summed E-state index contributed by atoms with van der Waals surface area (Å²) < 4.78 is 1.81. The lowest BCUT2D eigenvalue weighted by Gasteiger charge is -2.27. The number of imidazole rings is 1. The molecule has 1 saturated heterocycles. The Kier molecular flexibility index (Phi) is 3.73. The minimum Gasteiger partial charge on any atom is -0.335 e. The summed E-state index contributed by atoms with van der Waals surface area (Å²) >= 11 is 0. The van der Waals surface area contributed by atoms with Gasteiger partial charge in [-0.25, -0.2) is 9.97 Å². The van der Waals surface area contributed by atoms with Gasteiger partial charge in [-0.3, -0.25) is 9.36 Å². The second-order valence-corrected chi connectivity index (χ2v) is 5.82. The molecule has 110 valence electrons. The number of amides is 1. The van der Waals surface area contributed by atoms with Crippen molar-refractivity contribution in [1.29, 1.82) is 0 Å². The summed E-state index contributed by atoms with van der Waals surface area (Å²) in [4.78, 5) is 23.1. The fourth-order valence-corrected chi connectivity index (χ4v) is 2.99. The standard InChI is InChI=1S/C16H20N4O/c1-12(2)14-4-3-8-20(14)16(21)13-5-6-18-15(10-13)19-9-7-17-11-19/h5-7,9-12,14H,3-4,8H2,1-2H3. The van der Waals surface area contributed by atoms with Gasteiger partial charge in [-0.2, -0.15) is 0 Å². The summed E-state index contributed by atoms with van der Waals surface area (Å²) in [5.74, 6) is 1.32. The number of likely N-dealkylation sites (tertiary alicyclic amines) is 1. The summed E-state index contributed by atoms with van der Waals surface area (Å²) in [6, 6.07) is 3.97. The summed E-state index contributed by atoms with van der Waals surface area (Å²) in [6.45, 7) is 5.21. The molecule has 1 amide bonds. The molecule has 1 aliphatic rings. The van der Waals surface area contributed by atoms with Gasteiger partial charge in [-0.05, 0) is 30.9 Å². The van der Waals surface area contributed by atoms with E-state index >= 15 is 0 Å².